The Morgan fingerprint density at radius 1 is 1.17 bits per heavy atom. The van der Waals surface area contributed by atoms with Crippen LogP contribution in [-0.4, -0.2) is 42.1 Å². The van der Waals surface area contributed by atoms with Gasteiger partial charge in [0.1, 0.15) is 11.8 Å². The maximum atomic E-state index is 12.6. The molecule has 1 aliphatic heterocycles. The molecule has 160 valence electrons. The van der Waals surface area contributed by atoms with Crippen molar-refractivity contribution in [2.24, 2.45) is 0 Å². The van der Waals surface area contributed by atoms with E-state index in [-0.39, 0.29) is 43.0 Å². The summed E-state index contributed by atoms with van der Waals surface area (Å²) in [4.78, 5) is 13.9. The topological polar surface area (TPSA) is 65.4 Å². The van der Waals surface area contributed by atoms with Gasteiger partial charge in [-0.3, -0.25) is 4.79 Å². The van der Waals surface area contributed by atoms with E-state index in [9.17, 15) is 18.0 Å². The van der Waals surface area contributed by atoms with E-state index in [1.807, 2.05) is 0 Å². The van der Waals surface area contributed by atoms with Gasteiger partial charge in [0.15, 0.2) is 0 Å². The minimum absolute atomic E-state index is 0. The fourth-order valence-corrected chi connectivity index (χ4v) is 3.83. The van der Waals surface area contributed by atoms with E-state index in [1.54, 1.807) is 4.90 Å². The SMILES string of the molecule is Cl.N#C[C@@H]1CCCN1C(=O)CNC1CCC(Oc2ccc(C(F)(F)F)cc2)CC1. The van der Waals surface area contributed by atoms with E-state index in [2.05, 4.69) is 11.4 Å². The molecular weight excluding hydrogens is 407 g/mol. The van der Waals surface area contributed by atoms with Crippen LogP contribution in [0.3, 0.4) is 0 Å². The predicted octanol–water partition coefficient (Wildman–Crippen LogP) is 3.92. The highest BCUT2D eigenvalue weighted by Crippen LogP contribution is 2.31. The Morgan fingerprint density at radius 3 is 2.41 bits per heavy atom. The Balaban J connectivity index is 0.00000300. The van der Waals surface area contributed by atoms with Gasteiger partial charge in [-0.15, -0.1) is 12.4 Å². The molecule has 5 nitrogen and oxygen atoms in total. The van der Waals surface area contributed by atoms with Crippen LogP contribution in [0.5, 0.6) is 5.75 Å². The van der Waals surface area contributed by atoms with Gasteiger partial charge in [0.05, 0.1) is 24.3 Å². The fourth-order valence-electron chi connectivity index (χ4n) is 3.83. The molecule has 0 bridgehead atoms. The first-order valence-corrected chi connectivity index (χ1v) is 9.63. The summed E-state index contributed by atoms with van der Waals surface area (Å²) >= 11 is 0. The zero-order chi connectivity index (χ0) is 20.1. The largest absolute Gasteiger partial charge is 0.490 e. The highest BCUT2D eigenvalue weighted by molar-refractivity contribution is 5.85. The molecule has 0 spiro atoms. The van der Waals surface area contributed by atoms with E-state index in [4.69, 9.17) is 10.00 Å². The summed E-state index contributed by atoms with van der Waals surface area (Å²) < 4.78 is 43.6. The van der Waals surface area contributed by atoms with Crippen molar-refractivity contribution < 1.29 is 22.7 Å². The Labute approximate surface area is 174 Å². The number of likely N-dealkylation sites (tertiary alicyclic amines) is 1. The fraction of sp³-hybridized carbons (Fsp3) is 0.600. The molecule has 0 unspecified atom stereocenters. The second-order valence-electron chi connectivity index (χ2n) is 7.37. The number of nitrogens with one attached hydrogen (secondary N) is 1. The molecule has 1 aliphatic carbocycles. The Hall–Kier alpha value is -1.98. The second kappa shape index (κ2) is 10.2. The van der Waals surface area contributed by atoms with E-state index < -0.39 is 11.7 Å². The number of halogens is 4. The first-order valence-electron chi connectivity index (χ1n) is 9.63. The second-order valence-corrected chi connectivity index (χ2v) is 7.37. The van der Waals surface area contributed by atoms with E-state index >= 15 is 0 Å². The normalized spacial score (nSPS) is 24.5. The highest BCUT2D eigenvalue weighted by atomic mass is 35.5. The monoisotopic (exact) mass is 431 g/mol. The summed E-state index contributed by atoms with van der Waals surface area (Å²) in [5.74, 6) is 0.406. The standard InChI is InChI=1S/C20H24F3N3O2.ClH/c21-20(22,23)14-3-7-17(8-4-14)28-18-9-5-15(6-10-18)25-13-19(27)26-11-1-2-16(26)12-24;/h3-4,7-8,15-16,18,25H,1-2,5-6,9-11,13H2;1H/t15?,16-,18?;/m0./s1. The molecule has 1 amide bonds. The number of rotatable bonds is 5. The van der Waals surface area contributed by atoms with Crippen LogP contribution in [0.1, 0.15) is 44.1 Å². The minimum Gasteiger partial charge on any atom is -0.490 e. The van der Waals surface area contributed by atoms with Gasteiger partial charge in [0.25, 0.3) is 0 Å². The van der Waals surface area contributed by atoms with Gasteiger partial charge in [-0.2, -0.15) is 18.4 Å². The molecule has 1 saturated carbocycles. The van der Waals surface area contributed by atoms with Crippen LogP contribution in [0.15, 0.2) is 24.3 Å². The molecule has 1 atom stereocenters. The molecule has 2 fully saturated rings. The lowest BCUT2D eigenvalue weighted by atomic mass is 9.93. The number of carbonyl (C=O) groups excluding carboxylic acids is 1. The third-order valence-electron chi connectivity index (χ3n) is 5.42. The van der Waals surface area contributed by atoms with Crippen molar-refractivity contribution in [3.63, 3.8) is 0 Å². The number of ether oxygens (including phenoxy) is 1. The number of benzene rings is 1. The number of alkyl halides is 3. The Kier molecular flexibility index (Phi) is 8.17. The average molecular weight is 432 g/mol. The Bertz CT molecular complexity index is 713. The van der Waals surface area contributed by atoms with Crippen LogP contribution < -0.4 is 10.1 Å². The van der Waals surface area contributed by atoms with Gasteiger partial charge in [-0.25, -0.2) is 0 Å². The van der Waals surface area contributed by atoms with Gasteiger partial charge in [-0.05, 0) is 62.8 Å². The lowest BCUT2D eigenvalue weighted by molar-refractivity contribution is -0.137. The van der Waals surface area contributed by atoms with Crippen LogP contribution >= 0.6 is 12.4 Å². The third kappa shape index (κ3) is 6.25. The minimum atomic E-state index is -4.35. The number of hydrogen-bond acceptors (Lipinski definition) is 4. The average Bonchev–Trinajstić information content (AvgIpc) is 3.16. The molecule has 9 heteroatoms. The van der Waals surface area contributed by atoms with Crippen LogP contribution in [-0.2, 0) is 11.0 Å². The molecule has 1 N–H and O–H groups in total. The van der Waals surface area contributed by atoms with Crippen LogP contribution in [0.2, 0.25) is 0 Å². The van der Waals surface area contributed by atoms with Crippen molar-refractivity contribution in [3.05, 3.63) is 29.8 Å². The molecule has 2 aliphatic rings. The summed E-state index contributed by atoms with van der Waals surface area (Å²) in [6.07, 6.45) is 0.453. The summed E-state index contributed by atoms with van der Waals surface area (Å²) in [5.41, 5.74) is -0.686. The van der Waals surface area contributed by atoms with E-state index in [0.717, 1.165) is 50.7 Å². The molecule has 1 saturated heterocycles. The quantitative estimate of drug-likeness (QED) is 0.767. The van der Waals surface area contributed by atoms with Crippen LogP contribution in [0.4, 0.5) is 13.2 Å². The molecule has 29 heavy (non-hydrogen) atoms. The molecule has 1 heterocycles. The number of carbonyl (C=O) groups is 1. The number of nitrogens with zero attached hydrogens (tertiary/aromatic N) is 2. The highest BCUT2D eigenvalue weighted by Gasteiger charge is 2.31. The van der Waals surface area contributed by atoms with Crippen molar-refractivity contribution in [1.29, 1.82) is 5.26 Å². The molecule has 3 rings (SSSR count). The Morgan fingerprint density at radius 2 is 1.83 bits per heavy atom. The van der Waals surface area contributed by atoms with Crippen LogP contribution in [0, 0.1) is 11.3 Å². The van der Waals surface area contributed by atoms with Gasteiger partial charge >= 0.3 is 6.18 Å². The van der Waals surface area contributed by atoms with Gasteiger partial charge in [0, 0.05) is 12.6 Å². The van der Waals surface area contributed by atoms with Crippen molar-refractivity contribution in [2.75, 3.05) is 13.1 Å². The summed E-state index contributed by atoms with van der Waals surface area (Å²) in [6, 6.07) is 6.84. The summed E-state index contributed by atoms with van der Waals surface area (Å²) in [6.45, 7) is 0.875. The van der Waals surface area contributed by atoms with Crippen molar-refractivity contribution in [2.45, 2.75) is 62.9 Å². The van der Waals surface area contributed by atoms with Gasteiger partial charge in [-0.1, -0.05) is 0 Å². The molecular formula is C20H25ClF3N3O2. The number of amides is 1. The summed E-state index contributed by atoms with van der Waals surface area (Å²) in [7, 11) is 0. The predicted molar refractivity (Wildman–Crippen MR) is 104 cm³/mol. The zero-order valence-electron chi connectivity index (χ0n) is 16.0. The first-order chi connectivity index (χ1) is 13.4. The maximum Gasteiger partial charge on any atom is 0.416 e. The summed E-state index contributed by atoms with van der Waals surface area (Å²) in [5, 5.41) is 12.3. The van der Waals surface area contributed by atoms with E-state index in [0.29, 0.717) is 12.3 Å². The third-order valence-corrected chi connectivity index (χ3v) is 5.42. The lowest BCUT2D eigenvalue weighted by Gasteiger charge is -2.30. The van der Waals surface area contributed by atoms with Gasteiger partial charge < -0.3 is 15.0 Å². The molecule has 1 aromatic carbocycles. The van der Waals surface area contributed by atoms with Crippen molar-refractivity contribution >= 4 is 18.3 Å². The van der Waals surface area contributed by atoms with Crippen LogP contribution in [0.25, 0.3) is 0 Å². The molecule has 0 aromatic heterocycles. The lowest BCUT2D eigenvalue weighted by Crippen LogP contribution is -2.44. The maximum absolute atomic E-state index is 12.6. The van der Waals surface area contributed by atoms with Crippen molar-refractivity contribution in [3.8, 4) is 11.8 Å². The number of nitriles is 1. The molecule has 1 aromatic rings. The molecule has 0 radical (unpaired) electrons. The smallest absolute Gasteiger partial charge is 0.416 e. The van der Waals surface area contributed by atoms with Crippen molar-refractivity contribution in [1.82, 2.24) is 10.2 Å². The van der Waals surface area contributed by atoms with E-state index in [1.165, 1.54) is 12.1 Å². The zero-order valence-corrected chi connectivity index (χ0v) is 16.8. The first kappa shape index (κ1) is 23.3. The van der Waals surface area contributed by atoms with Gasteiger partial charge in [0.2, 0.25) is 5.91 Å². The number of hydrogen-bond donors (Lipinski definition) is 1.